The second-order valence-electron chi connectivity index (χ2n) is 6.54. The smallest absolute Gasteiger partial charge is 0.0610 e. The maximum absolute atomic E-state index is 9.50. The minimum atomic E-state index is -0.113. The SMILES string of the molecule is CCNC(C)(CO)CCCN(C)CC1CCCN1CC. The summed E-state index contributed by atoms with van der Waals surface area (Å²) in [6.07, 6.45) is 4.88. The summed E-state index contributed by atoms with van der Waals surface area (Å²) in [5.74, 6) is 0. The third-order valence-electron chi connectivity index (χ3n) is 4.65. The molecule has 1 saturated heterocycles. The standard InChI is InChI=1S/C16H35N3O/c1-5-17-16(3,14-20)10-8-11-18(4)13-15-9-7-12-19(15)6-2/h15,17,20H,5-14H2,1-4H3. The Morgan fingerprint density at radius 1 is 1.40 bits per heavy atom. The van der Waals surface area contributed by atoms with Crippen LogP contribution in [-0.4, -0.2) is 72.9 Å². The zero-order valence-electron chi connectivity index (χ0n) is 14.0. The molecule has 1 aliphatic rings. The van der Waals surface area contributed by atoms with E-state index in [4.69, 9.17) is 0 Å². The quantitative estimate of drug-likeness (QED) is 0.639. The fraction of sp³-hybridized carbons (Fsp3) is 1.00. The van der Waals surface area contributed by atoms with Gasteiger partial charge >= 0.3 is 0 Å². The van der Waals surface area contributed by atoms with Crippen LogP contribution in [0.15, 0.2) is 0 Å². The Labute approximate surface area is 125 Å². The van der Waals surface area contributed by atoms with Crippen LogP contribution in [-0.2, 0) is 0 Å². The van der Waals surface area contributed by atoms with Crippen LogP contribution < -0.4 is 5.32 Å². The van der Waals surface area contributed by atoms with Gasteiger partial charge in [0.15, 0.2) is 0 Å². The minimum absolute atomic E-state index is 0.113. The fourth-order valence-corrected chi connectivity index (χ4v) is 3.36. The lowest BCUT2D eigenvalue weighted by Crippen LogP contribution is -2.46. The van der Waals surface area contributed by atoms with E-state index >= 15 is 0 Å². The summed E-state index contributed by atoms with van der Waals surface area (Å²) in [6, 6.07) is 0.753. The van der Waals surface area contributed by atoms with Gasteiger partial charge in [0.1, 0.15) is 0 Å². The number of aliphatic hydroxyl groups is 1. The molecule has 4 nitrogen and oxygen atoms in total. The van der Waals surface area contributed by atoms with Gasteiger partial charge in [0, 0.05) is 18.1 Å². The normalized spacial score (nSPS) is 23.4. The van der Waals surface area contributed by atoms with Gasteiger partial charge in [-0.1, -0.05) is 13.8 Å². The second kappa shape index (κ2) is 8.98. The van der Waals surface area contributed by atoms with Gasteiger partial charge in [-0.05, 0) is 65.8 Å². The molecular weight excluding hydrogens is 250 g/mol. The van der Waals surface area contributed by atoms with E-state index in [0.717, 1.165) is 32.0 Å². The first-order valence-electron chi connectivity index (χ1n) is 8.33. The van der Waals surface area contributed by atoms with Crippen molar-refractivity contribution >= 4 is 0 Å². The number of hydrogen-bond donors (Lipinski definition) is 2. The number of rotatable bonds is 10. The van der Waals surface area contributed by atoms with Crippen molar-refractivity contribution in [1.29, 1.82) is 0 Å². The van der Waals surface area contributed by atoms with Crippen molar-refractivity contribution in [2.45, 2.75) is 58.0 Å². The molecule has 1 rings (SSSR count). The Hall–Kier alpha value is -0.160. The molecule has 0 aromatic rings. The summed E-state index contributed by atoms with van der Waals surface area (Å²) in [7, 11) is 2.23. The van der Waals surface area contributed by atoms with E-state index < -0.39 is 0 Å². The van der Waals surface area contributed by atoms with E-state index in [1.807, 2.05) is 0 Å². The highest BCUT2D eigenvalue weighted by molar-refractivity contribution is 4.83. The maximum atomic E-state index is 9.50. The summed E-state index contributed by atoms with van der Waals surface area (Å²) in [5.41, 5.74) is -0.113. The highest BCUT2D eigenvalue weighted by atomic mass is 16.3. The number of nitrogens with one attached hydrogen (secondary N) is 1. The third-order valence-corrected chi connectivity index (χ3v) is 4.65. The topological polar surface area (TPSA) is 38.7 Å². The molecule has 0 spiro atoms. The van der Waals surface area contributed by atoms with E-state index in [9.17, 15) is 5.11 Å². The Balaban J connectivity index is 2.24. The van der Waals surface area contributed by atoms with Crippen LogP contribution in [0.1, 0.15) is 46.5 Å². The van der Waals surface area contributed by atoms with Crippen LogP contribution in [0.25, 0.3) is 0 Å². The van der Waals surface area contributed by atoms with E-state index in [2.05, 4.69) is 42.9 Å². The summed E-state index contributed by atoms with van der Waals surface area (Å²) >= 11 is 0. The fourth-order valence-electron chi connectivity index (χ4n) is 3.36. The van der Waals surface area contributed by atoms with Gasteiger partial charge in [-0.3, -0.25) is 4.90 Å². The summed E-state index contributed by atoms with van der Waals surface area (Å²) < 4.78 is 0. The lowest BCUT2D eigenvalue weighted by molar-refractivity contribution is 0.155. The molecule has 2 unspecified atom stereocenters. The minimum Gasteiger partial charge on any atom is -0.394 e. The van der Waals surface area contributed by atoms with Gasteiger partial charge in [-0.15, -0.1) is 0 Å². The molecule has 120 valence electrons. The zero-order valence-corrected chi connectivity index (χ0v) is 14.0. The Kier molecular flexibility index (Phi) is 8.03. The average Bonchev–Trinajstić information content (AvgIpc) is 2.86. The van der Waals surface area contributed by atoms with Crippen LogP contribution in [0.2, 0.25) is 0 Å². The van der Waals surface area contributed by atoms with Gasteiger partial charge in [0.25, 0.3) is 0 Å². The molecule has 0 bridgehead atoms. The van der Waals surface area contributed by atoms with E-state index in [0.29, 0.717) is 0 Å². The molecule has 2 atom stereocenters. The van der Waals surface area contributed by atoms with Crippen LogP contribution in [0, 0.1) is 0 Å². The highest BCUT2D eigenvalue weighted by Gasteiger charge is 2.25. The van der Waals surface area contributed by atoms with Gasteiger partial charge < -0.3 is 15.3 Å². The van der Waals surface area contributed by atoms with E-state index in [-0.39, 0.29) is 12.1 Å². The van der Waals surface area contributed by atoms with Crippen molar-refractivity contribution < 1.29 is 5.11 Å². The van der Waals surface area contributed by atoms with E-state index in [1.54, 1.807) is 0 Å². The molecule has 0 amide bonds. The summed E-state index contributed by atoms with van der Waals surface area (Å²) in [5, 5.41) is 12.9. The number of nitrogens with zero attached hydrogens (tertiary/aromatic N) is 2. The van der Waals surface area contributed by atoms with Gasteiger partial charge in [0.2, 0.25) is 0 Å². The molecule has 1 fully saturated rings. The van der Waals surface area contributed by atoms with Crippen LogP contribution in [0.4, 0.5) is 0 Å². The first kappa shape index (κ1) is 17.9. The van der Waals surface area contributed by atoms with Crippen molar-refractivity contribution in [2.75, 3.05) is 46.4 Å². The highest BCUT2D eigenvalue weighted by Crippen LogP contribution is 2.18. The van der Waals surface area contributed by atoms with Crippen molar-refractivity contribution in [3.63, 3.8) is 0 Å². The molecule has 0 aliphatic carbocycles. The molecule has 0 radical (unpaired) electrons. The Morgan fingerprint density at radius 3 is 2.75 bits per heavy atom. The largest absolute Gasteiger partial charge is 0.394 e. The lowest BCUT2D eigenvalue weighted by Gasteiger charge is -2.31. The summed E-state index contributed by atoms with van der Waals surface area (Å²) in [4.78, 5) is 5.06. The van der Waals surface area contributed by atoms with Crippen molar-refractivity contribution in [3.8, 4) is 0 Å². The maximum Gasteiger partial charge on any atom is 0.0610 e. The first-order valence-corrected chi connectivity index (χ1v) is 8.33. The van der Waals surface area contributed by atoms with Crippen LogP contribution in [0.3, 0.4) is 0 Å². The monoisotopic (exact) mass is 285 g/mol. The Bertz CT molecular complexity index is 262. The average molecular weight is 285 g/mol. The summed E-state index contributed by atoms with van der Waals surface area (Å²) in [6.45, 7) is 12.4. The molecule has 2 N–H and O–H groups in total. The number of aliphatic hydroxyl groups excluding tert-OH is 1. The number of hydrogen-bond acceptors (Lipinski definition) is 4. The molecule has 1 heterocycles. The van der Waals surface area contributed by atoms with Gasteiger partial charge in [-0.2, -0.15) is 0 Å². The molecule has 4 heteroatoms. The number of likely N-dealkylation sites (N-methyl/N-ethyl adjacent to an activating group) is 3. The lowest BCUT2D eigenvalue weighted by atomic mass is 9.96. The molecule has 0 aromatic carbocycles. The molecule has 1 aliphatic heterocycles. The molecular formula is C16H35N3O. The molecule has 0 aromatic heterocycles. The van der Waals surface area contributed by atoms with Gasteiger partial charge in [0.05, 0.1) is 6.61 Å². The van der Waals surface area contributed by atoms with Crippen molar-refractivity contribution in [1.82, 2.24) is 15.1 Å². The zero-order chi connectivity index (χ0) is 15.0. The molecule has 20 heavy (non-hydrogen) atoms. The number of likely N-dealkylation sites (tertiary alicyclic amines) is 1. The predicted octanol–water partition coefficient (Wildman–Crippen LogP) is 1.54. The third kappa shape index (κ3) is 5.68. The van der Waals surface area contributed by atoms with Crippen LogP contribution in [0.5, 0.6) is 0 Å². The Morgan fingerprint density at radius 2 is 2.15 bits per heavy atom. The first-order chi connectivity index (χ1) is 9.54. The predicted molar refractivity (Wildman–Crippen MR) is 86.2 cm³/mol. The van der Waals surface area contributed by atoms with Gasteiger partial charge in [-0.25, -0.2) is 0 Å². The second-order valence-corrected chi connectivity index (χ2v) is 6.54. The van der Waals surface area contributed by atoms with Crippen molar-refractivity contribution in [2.24, 2.45) is 0 Å². The van der Waals surface area contributed by atoms with E-state index in [1.165, 1.54) is 32.5 Å². The van der Waals surface area contributed by atoms with Crippen molar-refractivity contribution in [3.05, 3.63) is 0 Å². The van der Waals surface area contributed by atoms with Crippen LogP contribution >= 0.6 is 0 Å². The molecule has 0 saturated carbocycles.